The topological polar surface area (TPSA) is 40.5 Å². The summed E-state index contributed by atoms with van der Waals surface area (Å²) in [7, 11) is 0. The third-order valence-corrected chi connectivity index (χ3v) is 4.79. The highest BCUT2D eigenvalue weighted by Crippen LogP contribution is 2.65. The quantitative estimate of drug-likeness (QED) is 0.620. The highest BCUT2D eigenvalue weighted by atomic mass is 16.3. The molecule has 2 bridgehead atoms. The Balaban J connectivity index is 2.38. The predicted molar refractivity (Wildman–Crippen MR) is 46.6 cm³/mol. The molecule has 0 aromatic rings. The van der Waals surface area contributed by atoms with Crippen molar-refractivity contribution in [1.29, 1.82) is 0 Å². The Morgan fingerprint density at radius 3 is 2.33 bits per heavy atom. The number of rotatable bonds is 1. The molecule has 2 rings (SSSR count). The number of hydrogen-bond acceptors (Lipinski definition) is 2. The van der Waals surface area contributed by atoms with Crippen LogP contribution in [0.3, 0.4) is 0 Å². The van der Waals surface area contributed by atoms with Crippen LogP contribution in [0.1, 0.15) is 33.1 Å². The van der Waals surface area contributed by atoms with Gasteiger partial charge in [0.25, 0.3) is 0 Å². The van der Waals surface area contributed by atoms with Gasteiger partial charge in [-0.25, -0.2) is 0 Å². The average Bonchev–Trinajstić information content (AvgIpc) is 2.39. The molecule has 4 unspecified atom stereocenters. The standard InChI is InChI=1S/C10H18O2/c1-9-4-3-7(5-8(9)12)10(9,2)6-11/h7-8,11-12H,3-6H2,1-2H3. The van der Waals surface area contributed by atoms with Crippen molar-refractivity contribution in [1.82, 2.24) is 0 Å². The van der Waals surface area contributed by atoms with Crippen LogP contribution in [-0.4, -0.2) is 22.9 Å². The molecule has 2 aliphatic rings. The second-order valence-electron chi connectivity index (χ2n) is 4.98. The largest absolute Gasteiger partial charge is 0.396 e. The summed E-state index contributed by atoms with van der Waals surface area (Å²) in [4.78, 5) is 0. The van der Waals surface area contributed by atoms with Crippen molar-refractivity contribution in [3.63, 3.8) is 0 Å². The van der Waals surface area contributed by atoms with E-state index in [0.29, 0.717) is 5.92 Å². The Morgan fingerprint density at radius 2 is 2.08 bits per heavy atom. The monoisotopic (exact) mass is 170 g/mol. The highest BCUT2D eigenvalue weighted by molar-refractivity contribution is 5.12. The summed E-state index contributed by atoms with van der Waals surface area (Å²) in [6, 6.07) is 0. The smallest absolute Gasteiger partial charge is 0.0602 e. The van der Waals surface area contributed by atoms with Crippen molar-refractivity contribution in [3.05, 3.63) is 0 Å². The van der Waals surface area contributed by atoms with E-state index in [9.17, 15) is 10.2 Å². The molecule has 2 saturated carbocycles. The number of aliphatic hydroxyl groups excluding tert-OH is 2. The van der Waals surface area contributed by atoms with E-state index < -0.39 is 0 Å². The molecule has 2 heteroatoms. The first kappa shape index (κ1) is 8.52. The Morgan fingerprint density at radius 1 is 1.42 bits per heavy atom. The van der Waals surface area contributed by atoms with Crippen LogP contribution in [0.4, 0.5) is 0 Å². The van der Waals surface area contributed by atoms with Crippen molar-refractivity contribution in [3.8, 4) is 0 Å². The fourth-order valence-electron chi connectivity index (χ4n) is 3.31. The molecular weight excluding hydrogens is 152 g/mol. The summed E-state index contributed by atoms with van der Waals surface area (Å²) in [6.45, 7) is 4.48. The molecule has 0 aliphatic heterocycles. The Hall–Kier alpha value is -0.0800. The summed E-state index contributed by atoms with van der Waals surface area (Å²) in [5, 5.41) is 19.2. The van der Waals surface area contributed by atoms with Crippen LogP contribution in [0, 0.1) is 16.7 Å². The van der Waals surface area contributed by atoms with Crippen LogP contribution >= 0.6 is 0 Å². The van der Waals surface area contributed by atoms with Gasteiger partial charge in [0.15, 0.2) is 0 Å². The number of aliphatic hydroxyl groups is 2. The van der Waals surface area contributed by atoms with Crippen molar-refractivity contribution >= 4 is 0 Å². The minimum absolute atomic E-state index is 0.0214. The lowest BCUT2D eigenvalue weighted by atomic mass is 9.69. The molecule has 12 heavy (non-hydrogen) atoms. The van der Waals surface area contributed by atoms with Gasteiger partial charge in [-0.2, -0.15) is 0 Å². The lowest BCUT2D eigenvalue weighted by Gasteiger charge is -2.38. The van der Waals surface area contributed by atoms with E-state index in [1.807, 2.05) is 0 Å². The average molecular weight is 170 g/mol. The molecule has 4 atom stereocenters. The van der Waals surface area contributed by atoms with Gasteiger partial charge >= 0.3 is 0 Å². The van der Waals surface area contributed by atoms with Crippen molar-refractivity contribution in [2.24, 2.45) is 16.7 Å². The van der Waals surface area contributed by atoms with Gasteiger partial charge in [-0.15, -0.1) is 0 Å². The van der Waals surface area contributed by atoms with Gasteiger partial charge in [-0.3, -0.25) is 0 Å². The van der Waals surface area contributed by atoms with Crippen LogP contribution in [-0.2, 0) is 0 Å². The van der Waals surface area contributed by atoms with E-state index in [2.05, 4.69) is 13.8 Å². The lowest BCUT2D eigenvalue weighted by Crippen LogP contribution is -2.39. The second-order valence-corrected chi connectivity index (χ2v) is 4.98. The van der Waals surface area contributed by atoms with Crippen LogP contribution in [0.5, 0.6) is 0 Å². The number of fused-ring (bicyclic) bond motifs is 2. The van der Waals surface area contributed by atoms with Gasteiger partial charge in [0, 0.05) is 17.4 Å². The first-order valence-electron chi connectivity index (χ1n) is 4.83. The third-order valence-electron chi connectivity index (χ3n) is 4.79. The van der Waals surface area contributed by atoms with E-state index in [-0.39, 0.29) is 23.5 Å². The molecule has 0 radical (unpaired) electrons. The number of hydrogen-bond donors (Lipinski definition) is 2. The maximum Gasteiger partial charge on any atom is 0.0602 e. The van der Waals surface area contributed by atoms with Crippen molar-refractivity contribution in [2.75, 3.05) is 6.61 Å². The van der Waals surface area contributed by atoms with Gasteiger partial charge in [-0.05, 0) is 25.2 Å². The first-order valence-corrected chi connectivity index (χ1v) is 4.83. The molecule has 0 amide bonds. The summed E-state index contributed by atoms with van der Waals surface area (Å²) in [5.74, 6) is 0.544. The third kappa shape index (κ3) is 0.686. The van der Waals surface area contributed by atoms with E-state index >= 15 is 0 Å². The molecule has 0 saturated heterocycles. The maximum absolute atomic E-state index is 9.83. The zero-order valence-electron chi connectivity index (χ0n) is 7.88. The Labute approximate surface area is 73.6 Å². The molecule has 0 aromatic carbocycles. The molecule has 0 heterocycles. The molecule has 2 aliphatic carbocycles. The Kier molecular flexibility index (Phi) is 1.59. The van der Waals surface area contributed by atoms with Gasteiger partial charge in [0.2, 0.25) is 0 Å². The Bertz CT molecular complexity index is 202. The van der Waals surface area contributed by atoms with Crippen molar-refractivity contribution < 1.29 is 10.2 Å². The predicted octanol–water partition coefficient (Wildman–Crippen LogP) is 1.17. The molecule has 0 aromatic heterocycles. The normalized spacial score (nSPS) is 58.0. The van der Waals surface area contributed by atoms with E-state index in [4.69, 9.17) is 0 Å². The summed E-state index contributed by atoms with van der Waals surface area (Å²) < 4.78 is 0. The maximum atomic E-state index is 9.83. The van der Waals surface area contributed by atoms with Crippen LogP contribution in [0.2, 0.25) is 0 Å². The fourth-order valence-corrected chi connectivity index (χ4v) is 3.31. The SMILES string of the molecule is CC12CCC(CC1O)C2(C)CO. The van der Waals surface area contributed by atoms with E-state index in [1.54, 1.807) is 0 Å². The molecule has 70 valence electrons. The molecule has 2 fully saturated rings. The zero-order chi connectivity index (χ0) is 8.98. The van der Waals surface area contributed by atoms with Gasteiger partial charge in [-0.1, -0.05) is 13.8 Å². The minimum Gasteiger partial charge on any atom is -0.396 e. The zero-order valence-corrected chi connectivity index (χ0v) is 7.88. The second kappa shape index (κ2) is 2.24. The highest BCUT2D eigenvalue weighted by Gasteiger charge is 2.63. The van der Waals surface area contributed by atoms with Gasteiger partial charge in [0.1, 0.15) is 0 Å². The van der Waals surface area contributed by atoms with Crippen LogP contribution < -0.4 is 0 Å². The molecular formula is C10H18O2. The molecule has 2 nitrogen and oxygen atoms in total. The van der Waals surface area contributed by atoms with Crippen molar-refractivity contribution in [2.45, 2.75) is 39.2 Å². The summed E-state index contributed by atoms with van der Waals surface area (Å²) in [5.41, 5.74) is -0.0428. The van der Waals surface area contributed by atoms with Crippen LogP contribution in [0.25, 0.3) is 0 Å². The summed E-state index contributed by atoms with van der Waals surface area (Å²) >= 11 is 0. The van der Waals surface area contributed by atoms with Gasteiger partial charge in [0.05, 0.1) is 6.10 Å². The lowest BCUT2D eigenvalue weighted by molar-refractivity contribution is -0.0213. The summed E-state index contributed by atoms with van der Waals surface area (Å²) in [6.07, 6.45) is 2.97. The minimum atomic E-state index is -0.187. The molecule has 0 spiro atoms. The molecule has 2 N–H and O–H groups in total. The van der Waals surface area contributed by atoms with E-state index in [1.165, 1.54) is 6.42 Å². The fraction of sp³-hybridized carbons (Fsp3) is 1.00. The van der Waals surface area contributed by atoms with Gasteiger partial charge < -0.3 is 10.2 Å². The van der Waals surface area contributed by atoms with Crippen LogP contribution in [0.15, 0.2) is 0 Å². The first-order chi connectivity index (χ1) is 5.54. The van der Waals surface area contributed by atoms with E-state index in [0.717, 1.165) is 12.8 Å².